The Kier molecular flexibility index (Phi) is 4.89. The van der Waals surface area contributed by atoms with E-state index in [2.05, 4.69) is 10.6 Å². The zero-order valence-electron chi connectivity index (χ0n) is 9.38. The lowest BCUT2D eigenvalue weighted by Crippen LogP contribution is -2.55. The maximum Gasteiger partial charge on any atom is 0.238 e. The van der Waals surface area contributed by atoms with E-state index in [0.29, 0.717) is 0 Å². The Balaban J connectivity index is 2.53. The molecule has 1 atom stereocenters. The summed E-state index contributed by atoms with van der Waals surface area (Å²) in [5, 5.41) is 15.4. The van der Waals surface area contributed by atoms with E-state index in [0.717, 1.165) is 24.5 Å². The van der Waals surface area contributed by atoms with Gasteiger partial charge in [-0.15, -0.1) is 11.8 Å². The van der Waals surface area contributed by atoms with Crippen molar-refractivity contribution < 1.29 is 9.90 Å². The molecular formula is C10H20N2O2S. The predicted molar refractivity (Wildman–Crippen MR) is 62.8 cm³/mol. The molecule has 1 aliphatic rings. The largest absolute Gasteiger partial charge is 0.394 e. The highest BCUT2D eigenvalue weighted by molar-refractivity contribution is 7.99. The van der Waals surface area contributed by atoms with Crippen molar-refractivity contribution in [1.29, 1.82) is 0 Å². The first-order valence-corrected chi connectivity index (χ1v) is 6.57. The number of aliphatic hydroxyl groups excluding tert-OH is 1. The number of carbonyl (C=O) groups excluding carboxylic acids is 1. The van der Waals surface area contributed by atoms with Crippen LogP contribution in [0.2, 0.25) is 0 Å². The fourth-order valence-electron chi connectivity index (χ4n) is 1.60. The lowest BCUT2D eigenvalue weighted by Gasteiger charge is -2.31. The highest BCUT2D eigenvalue weighted by atomic mass is 32.2. The molecule has 3 N–H and O–H groups in total. The highest BCUT2D eigenvalue weighted by Gasteiger charge is 2.31. The number of hydrogen-bond acceptors (Lipinski definition) is 4. The molecule has 1 aliphatic heterocycles. The second kappa shape index (κ2) is 5.72. The van der Waals surface area contributed by atoms with Crippen molar-refractivity contribution in [2.75, 3.05) is 18.2 Å². The smallest absolute Gasteiger partial charge is 0.238 e. The monoisotopic (exact) mass is 232 g/mol. The summed E-state index contributed by atoms with van der Waals surface area (Å²) in [4.78, 5) is 11.8. The molecule has 0 saturated carbocycles. The molecule has 4 nitrogen and oxygen atoms in total. The van der Waals surface area contributed by atoms with E-state index in [9.17, 15) is 9.90 Å². The Morgan fingerprint density at radius 1 is 1.60 bits per heavy atom. The SMILES string of the molecule is CCC(CC)(CO)NC(=O)C1CSCN1. The molecule has 15 heavy (non-hydrogen) atoms. The Hall–Kier alpha value is -0.260. The first-order valence-electron chi connectivity index (χ1n) is 5.41. The Morgan fingerprint density at radius 2 is 2.27 bits per heavy atom. The summed E-state index contributed by atoms with van der Waals surface area (Å²) in [6.07, 6.45) is 1.51. The summed E-state index contributed by atoms with van der Waals surface area (Å²) in [6, 6.07) is -0.0981. The van der Waals surface area contributed by atoms with Crippen molar-refractivity contribution in [3.63, 3.8) is 0 Å². The molecule has 0 aliphatic carbocycles. The summed E-state index contributed by atoms with van der Waals surface area (Å²) >= 11 is 1.72. The number of aliphatic hydroxyl groups is 1. The van der Waals surface area contributed by atoms with E-state index < -0.39 is 5.54 Å². The van der Waals surface area contributed by atoms with Gasteiger partial charge < -0.3 is 10.4 Å². The van der Waals surface area contributed by atoms with Crippen LogP contribution in [0.5, 0.6) is 0 Å². The molecule has 1 unspecified atom stereocenters. The summed E-state index contributed by atoms with van der Waals surface area (Å²) in [6.45, 7) is 3.97. The minimum Gasteiger partial charge on any atom is -0.394 e. The topological polar surface area (TPSA) is 61.4 Å². The Morgan fingerprint density at radius 3 is 2.67 bits per heavy atom. The lowest BCUT2D eigenvalue weighted by atomic mass is 9.93. The zero-order valence-corrected chi connectivity index (χ0v) is 10.2. The van der Waals surface area contributed by atoms with Crippen LogP contribution in [0, 0.1) is 0 Å². The summed E-state index contributed by atoms with van der Waals surface area (Å²) in [5.41, 5.74) is -0.438. The van der Waals surface area contributed by atoms with Gasteiger partial charge in [-0.25, -0.2) is 0 Å². The van der Waals surface area contributed by atoms with Crippen molar-refractivity contribution in [2.24, 2.45) is 0 Å². The highest BCUT2D eigenvalue weighted by Crippen LogP contribution is 2.16. The first-order chi connectivity index (χ1) is 7.17. The van der Waals surface area contributed by atoms with E-state index >= 15 is 0 Å². The molecule has 88 valence electrons. The van der Waals surface area contributed by atoms with Crippen LogP contribution < -0.4 is 10.6 Å². The van der Waals surface area contributed by atoms with Gasteiger partial charge in [-0.1, -0.05) is 13.8 Å². The van der Waals surface area contributed by atoms with Gasteiger partial charge in [-0.05, 0) is 12.8 Å². The third-order valence-corrected chi connectivity index (χ3v) is 4.02. The molecule has 0 aromatic rings. The zero-order chi connectivity index (χ0) is 11.3. The van der Waals surface area contributed by atoms with Crippen molar-refractivity contribution in [3.8, 4) is 0 Å². The molecule has 0 aromatic carbocycles. The second-order valence-corrected chi connectivity index (χ2v) is 4.94. The van der Waals surface area contributed by atoms with Gasteiger partial charge in [0, 0.05) is 11.6 Å². The van der Waals surface area contributed by atoms with Crippen LogP contribution >= 0.6 is 11.8 Å². The average Bonchev–Trinajstić information content (AvgIpc) is 2.79. The van der Waals surface area contributed by atoms with Crippen molar-refractivity contribution in [3.05, 3.63) is 0 Å². The van der Waals surface area contributed by atoms with Crippen LogP contribution in [0.15, 0.2) is 0 Å². The fourth-order valence-corrected chi connectivity index (χ4v) is 2.54. The second-order valence-electron chi connectivity index (χ2n) is 3.91. The van der Waals surface area contributed by atoms with Gasteiger partial charge in [-0.2, -0.15) is 0 Å². The number of hydrogen-bond donors (Lipinski definition) is 3. The first kappa shape index (κ1) is 12.8. The molecule has 5 heteroatoms. The molecule has 1 heterocycles. The minimum absolute atomic E-state index is 0.00556. The third-order valence-electron chi connectivity index (χ3n) is 3.08. The van der Waals surface area contributed by atoms with Crippen molar-refractivity contribution in [1.82, 2.24) is 10.6 Å². The van der Waals surface area contributed by atoms with Gasteiger partial charge >= 0.3 is 0 Å². The van der Waals surface area contributed by atoms with Crippen molar-refractivity contribution >= 4 is 17.7 Å². The number of thioether (sulfide) groups is 1. The molecule has 1 saturated heterocycles. The van der Waals surface area contributed by atoms with Gasteiger partial charge in [-0.3, -0.25) is 10.1 Å². The fraction of sp³-hybridized carbons (Fsp3) is 0.900. The summed E-state index contributed by atoms with van der Waals surface area (Å²) in [5.74, 6) is 1.67. The maximum absolute atomic E-state index is 11.8. The number of amides is 1. The van der Waals surface area contributed by atoms with Crippen LogP contribution in [0.25, 0.3) is 0 Å². The van der Waals surface area contributed by atoms with E-state index in [-0.39, 0.29) is 18.6 Å². The van der Waals surface area contributed by atoms with Gasteiger partial charge in [0.1, 0.15) is 0 Å². The molecule has 0 bridgehead atoms. The van der Waals surface area contributed by atoms with Gasteiger partial charge in [0.25, 0.3) is 0 Å². The van der Waals surface area contributed by atoms with Crippen LogP contribution in [-0.4, -0.2) is 40.8 Å². The normalized spacial score (nSPS) is 21.7. The lowest BCUT2D eigenvalue weighted by molar-refractivity contribution is -0.125. The van der Waals surface area contributed by atoms with Gasteiger partial charge in [0.05, 0.1) is 18.2 Å². The minimum atomic E-state index is -0.438. The van der Waals surface area contributed by atoms with E-state index in [1.807, 2.05) is 13.8 Å². The maximum atomic E-state index is 11.8. The number of nitrogens with one attached hydrogen (secondary N) is 2. The van der Waals surface area contributed by atoms with E-state index in [1.165, 1.54) is 0 Å². The molecular weight excluding hydrogens is 212 g/mol. The third kappa shape index (κ3) is 3.09. The number of rotatable bonds is 5. The Labute approximate surface area is 95.2 Å². The van der Waals surface area contributed by atoms with Gasteiger partial charge in [0.2, 0.25) is 5.91 Å². The quantitative estimate of drug-likeness (QED) is 0.639. The van der Waals surface area contributed by atoms with E-state index in [4.69, 9.17) is 0 Å². The predicted octanol–water partition coefficient (Wildman–Crippen LogP) is 0.316. The standard InChI is InChI=1S/C10H20N2O2S/c1-3-10(4-2,6-13)12-9(14)8-5-15-7-11-8/h8,11,13H,3-7H2,1-2H3,(H,12,14). The van der Waals surface area contributed by atoms with Crippen molar-refractivity contribution in [2.45, 2.75) is 38.3 Å². The average molecular weight is 232 g/mol. The number of carbonyl (C=O) groups is 1. The molecule has 1 amide bonds. The van der Waals surface area contributed by atoms with Crippen LogP contribution in [0.1, 0.15) is 26.7 Å². The van der Waals surface area contributed by atoms with E-state index in [1.54, 1.807) is 11.8 Å². The van der Waals surface area contributed by atoms with Crippen LogP contribution in [0.4, 0.5) is 0 Å². The van der Waals surface area contributed by atoms with Gasteiger partial charge in [0.15, 0.2) is 0 Å². The van der Waals surface area contributed by atoms with Crippen LogP contribution in [-0.2, 0) is 4.79 Å². The molecule has 0 spiro atoms. The van der Waals surface area contributed by atoms with Crippen LogP contribution in [0.3, 0.4) is 0 Å². The summed E-state index contributed by atoms with van der Waals surface area (Å²) < 4.78 is 0. The Bertz CT molecular complexity index is 205. The molecule has 0 radical (unpaired) electrons. The molecule has 1 fully saturated rings. The molecule has 0 aromatic heterocycles. The molecule has 1 rings (SSSR count). The summed E-state index contributed by atoms with van der Waals surface area (Å²) in [7, 11) is 0.